The molecule has 2 aromatic rings. The van der Waals surface area contributed by atoms with Crippen molar-refractivity contribution >= 4 is 5.91 Å². The number of carbonyl (C=O) groups excluding carboxylic acids is 1. The molecule has 0 aliphatic carbocycles. The minimum Gasteiger partial charge on any atom is -0.497 e. The average Bonchev–Trinajstić information content (AvgIpc) is 2.53. The summed E-state index contributed by atoms with van der Waals surface area (Å²) >= 11 is 0. The molecule has 2 rings (SSSR count). The van der Waals surface area contributed by atoms with Gasteiger partial charge in [-0.05, 0) is 43.7 Å². The number of hydrogen-bond donors (Lipinski definition) is 1. The zero-order valence-electron chi connectivity index (χ0n) is 13.1. The Morgan fingerprint density at radius 2 is 1.64 bits per heavy atom. The molecule has 0 radical (unpaired) electrons. The van der Waals surface area contributed by atoms with E-state index < -0.39 is 5.54 Å². The third kappa shape index (κ3) is 4.25. The number of nitrogens with one attached hydrogen (secondary N) is 1. The van der Waals surface area contributed by atoms with Gasteiger partial charge in [-0.2, -0.15) is 0 Å². The van der Waals surface area contributed by atoms with E-state index in [-0.39, 0.29) is 12.5 Å². The maximum absolute atomic E-state index is 12.1. The van der Waals surface area contributed by atoms with E-state index in [2.05, 4.69) is 5.32 Å². The van der Waals surface area contributed by atoms with Gasteiger partial charge in [0.2, 0.25) is 0 Å². The van der Waals surface area contributed by atoms with Gasteiger partial charge >= 0.3 is 0 Å². The van der Waals surface area contributed by atoms with Crippen LogP contribution in [-0.4, -0.2) is 19.6 Å². The molecule has 0 bridgehead atoms. The van der Waals surface area contributed by atoms with Crippen molar-refractivity contribution in [2.75, 3.05) is 13.7 Å². The van der Waals surface area contributed by atoms with Gasteiger partial charge in [0.15, 0.2) is 6.61 Å². The monoisotopic (exact) mass is 299 g/mol. The van der Waals surface area contributed by atoms with Gasteiger partial charge in [-0.1, -0.05) is 30.3 Å². The molecule has 2 aromatic carbocycles. The minimum atomic E-state index is -0.483. The smallest absolute Gasteiger partial charge is 0.258 e. The summed E-state index contributed by atoms with van der Waals surface area (Å²) in [5.41, 5.74) is 0.519. The Kier molecular flexibility index (Phi) is 5.04. The van der Waals surface area contributed by atoms with Crippen LogP contribution in [-0.2, 0) is 10.3 Å². The quantitative estimate of drug-likeness (QED) is 0.891. The molecule has 1 amide bonds. The summed E-state index contributed by atoms with van der Waals surface area (Å²) < 4.78 is 10.6. The molecule has 4 heteroatoms. The maximum Gasteiger partial charge on any atom is 0.258 e. The largest absolute Gasteiger partial charge is 0.497 e. The number of hydrogen-bond acceptors (Lipinski definition) is 3. The van der Waals surface area contributed by atoms with Gasteiger partial charge in [0.25, 0.3) is 5.91 Å². The van der Waals surface area contributed by atoms with Crippen molar-refractivity contribution < 1.29 is 14.3 Å². The number of para-hydroxylation sites is 1. The minimum absolute atomic E-state index is 0.0103. The van der Waals surface area contributed by atoms with Gasteiger partial charge in [-0.15, -0.1) is 0 Å². The van der Waals surface area contributed by atoms with E-state index >= 15 is 0 Å². The topological polar surface area (TPSA) is 47.6 Å². The molecule has 0 atom stereocenters. The lowest BCUT2D eigenvalue weighted by Crippen LogP contribution is -2.43. The first-order valence-corrected chi connectivity index (χ1v) is 7.14. The molecule has 0 saturated carbocycles. The molecule has 0 saturated heterocycles. The van der Waals surface area contributed by atoms with Crippen LogP contribution in [0.3, 0.4) is 0 Å². The van der Waals surface area contributed by atoms with Crippen LogP contribution in [0.1, 0.15) is 19.4 Å². The third-order valence-electron chi connectivity index (χ3n) is 3.38. The number of benzene rings is 2. The second kappa shape index (κ2) is 6.98. The highest BCUT2D eigenvalue weighted by molar-refractivity contribution is 5.78. The number of carbonyl (C=O) groups is 1. The Labute approximate surface area is 131 Å². The predicted octanol–water partition coefficient (Wildman–Crippen LogP) is 3.13. The number of methoxy groups -OCH3 is 1. The molecule has 0 unspecified atom stereocenters. The van der Waals surface area contributed by atoms with Gasteiger partial charge < -0.3 is 14.8 Å². The van der Waals surface area contributed by atoms with Crippen molar-refractivity contribution in [2.24, 2.45) is 0 Å². The Morgan fingerprint density at radius 1 is 1.00 bits per heavy atom. The normalized spacial score (nSPS) is 10.9. The van der Waals surface area contributed by atoms with Crippen molar-refractivity contribution in [1.29, 1.82) is 0 Å². The van der Waals surface area contributed by atoms with E-state index in [1.165, 1.54) is 0 Å². The van der Waals surface area contributed by atoms with Crippen LogP contribution in [0.5, 0.6) is 11.5 Å². The van der Waals surface area contributed by atoms with Crippen LogP contribution in [0.15, 0.2) is 54.6 Å². The SMILES string of the molecule is COc1ccc(C(C)(C)NC(=O)COc2ccccc2)cc1. The molecule has 0 aliphatic rings. The fourth-order valence-electron chi connectivity index (χ4n) is 2.13. The van der Waals surface area contributed by atoms with Crippen LogP contribution in [0, 0.1) is 0 Å². The lowest BCUT2D eigenvalue weighted by atomic mass is 9.94. The molecule has 0 heterocycles. The van der Waals surface area contributed by atoms with E-state index in [9.17, 15) is 4.79 Å². The van der Waals surface area contributed by atoms with E-state index in [0.717, 1.165) is 11.3 Å². The van der Waals surface area contributed by atoms with Crippen molar-refractivity contribution in [3.8, 4) is 11.5 Å². The Morgan fingerprint density at radius 3 is 2.23 bits per heavy atom. The number of ether oxygens (including phenoxy) is 2. The summed E-state index contributed by atoms with van der Waals surface area (Å²) in [4.78, 5) is 12.1. The van der Waals surface area contributed by atoms with E-state index in [1.807, 2.05) is 68.4 Å². The lowest BCUT2D eigenvalue weighted by molar-refractivity contribution is -0.124. The van der Waals surface area contributed by atoms with Crippen molar-refractivity contribution in [3.63, 3.8) is 0 Å². The summed E-state index contributed by atoms with van der Waals surface area (Å²) in [6, 6.07) is 16.9. The van der Waals surface area contributed by atoms with Crippen LogP contribution in [0.25, 0.3) is 0 Å². The number of amides is 1. The fraction of sp³-hybridized carbons (Fsp3) is 0.278. The van der Waals surface area contributed by atoms with Crippen LogP contribution in [0.4, 0.5) is 0 Å². The standard InChI is InChI=1S/C18H21NO3/c1-18(2,14-9-11-15(21-3)12-10-14)19-17(20)13-22-16-7-5-4-6-8-16/h4-12H,13H2,1-3H3,(H,19,20). The molecule has 0 fully saturated rings. The molecule has 116 valence electrons. The zero-order valence-corrected chi connectivity index (χ0v) is 13.1. The van der Waals surface area contributed by atoms with E-state index in [0.29, 0.717) is 5.75 Å². The van der Waals surface area contributed by atoms with Crippen LogP contribution >= 0.6 is 0 Å². The first kappa shape index (κ1) is 15.9. The first-order valence-electron chi connectivity index (χ1n) is 7.14. The summed E-state index contributed by atoms with van der Waals surface area (Å²) in [5, 5.41) is 2.98. The Balaban J connectivity index is 1.93. The second-order valence-electron chi connectivity index (χ2n) is 5.50. The Bertz CT molecular complexity index is 606. The molecule has 4 nitrogen and oxygen atoms in total. The van der Waals surface area contributed by atoms with Gasteiger partial charge in [0, 0.05) is 0 Å². The molecule has 22 heavy (non-hydrogen) atoms. The predicted molar refractivity (Wildman–Crippen MR) is 86.1 cm³/mol. The highest BCUT2D eigenvalue weighted by atomic mass is 16.5. The first-order chi connectivity index (χ1) is 10.5. The maximum atomic E-state index is 12.1. The van der Waals surface area contributed by atoms with Crippen LogP contribution < -0.4 is 14.8 Å². The fourth-order valence-corrected chi connectivity index (χ4v) is 2.13. The molecular formula is C18H21NO3. The molecule has 1 N–H and O–H groups in total. The van der Waals surface area contributed by atoms with Crippen molar-refractivity contribution in [3.05, 3.63) is 60.2 Å². The molecule has 0 aliphatic heterocycles. The van der Waals surface area contributed by atoms with Gasteiger partial charge in [0.1, 0.15) is 11.5 Å². The molecule has 0 aromatic heterocycles. The zero-order chi connectivity index (χ0) is 16.0. The lowest BCUT2D eigenvalue weighted by Gasteiger charge is -2.27. The highest BCUT2D eigenvalue weighted by Crippen LogP contribution is 2.22. The summed E-state index contributed by atoms with van der Waals surface area (Å²) in [6.07, 6.45) is 0. The van der Waals surface area contributed by atoms with Crippen LogP contribution in [0.2, 0.25) is 0 Å². The molecular weight excluding hydrogens is 278 g/mol. The van der Waals surface area contributed by atoms with E-state index in [4.69, 9.17) is 9.47 Å². The van der Waals surface area contributed by atoms with Gasteiger partial charge in [0.05, 0.1) is 12.6 Å². The van der Waals surface area contributed by atoms with Crippen molar-refractivity contribution in [2.45, 2.75) is 19.4 Å². The Hall–Kier alpha value is -2.49. The summed E-state index contributed by atoms with van der Waals surface area (Å²) in [7, 11) is 1.63. The van der Waals surface area contributed by atoms with Gasteiger partial charge in [-0.25, -0.2) is 0 Å². The molecule has 0 spiro atoms. The second-order valence-corrected chi connectivity index (χ2v) is 5.50. The number of rotatable bonds is 6. The van der Waals surface area contributed by atoms with E-state index in [1.54, 1.807) is 7.11 Å². The van der Waals surface area contributed by atoms with Crippen molar-refractivity contribution in [1.82, 2.24) is 5.32 Å². The summed E-state index contributed by atoms with van der Waals surface area (Å²) in [5.74, 6) is 1.31. The third-order valence-corrected chi connectivity index (χ3v) is 3.38. The van der Waals surface area contributed by atoms with Gasteiger partial charge in [-0.3, -0.25) is 4.79 Å². The summed E-state index contributed by atoms with van der Waals surface area (Å²) in [6.45, 7) is 3.90. The highest BCUT2D eigenvalue weighted by Gasteiger charge is 2.23. The average molecular weight is 299 g/mol.